The summed E-state index contributed by atoms with van der Waals surface area (Å²) in [7, 11) is 0. The van der Waals surface area contributed by atoms with E-state index in [0.717, 1.165) is 50.5 Å². The number of rotatable bonds is 0. The fourth-order valence-electron chi connectivity index (χ4n) is 8.29. The van der Waals surface area contributed by atoms with Gasteiger partial charge in [-0.1, -0.05) is 13.0 Å². The Morgan fingerprint density at radius 3 is 2.83 bits per heavy atom. The Hall–Kier alpha value is -0.870. The monoisotopic (exact) mass is 330 g/mol. The van der Waals surface area contributed by atoms with Crippen LogP contribution in [-0.4, -0.2) is 29.6 Å². The summed E-state index contributed by atoms with van der Waals surface area (Å²) in [4.78, 5) is 12.7. The molecular weight excluding hydrogens is 304 g/mol. The third kappa shape index (κ3) is 1.18. The average molecular weight is 330 g/mol. The first kappa shape index (κ1) is 14.3. The second-order valence-corrected chi connectivity index (χ2v) is 9.65. The Kier molecular flexibility index (Phi) is 2.35. The van der Waals surface area contributed by atoms with Gasteiger partial charge in [-0.05, 0) is 68.8 Å². The topological polar surface area (TPSA) is 55.8 Å². The van der Waals surface area contributed by atoms with Gasteiger partial charge in [-0.25, -0.2) is 0 Å². The highest BCUT2D eigenvalue weighted by Crippen LogP contribution is 2.77. The van der Waals surface area contributed by atoms with Crippen molar-refractivity contribution in [1.82, 2.24) is 0 Å². The molecule has 8 rings (SSSR count). The van der Waals surface area contributed by atoms with Gasteiger partial charge in [0.15, 0.2) is 0 Å². The van der Waals surface area contributed by atoms with Crippen LogP contribution in [-0.2, 0) is 14.3 Å². The molecule has 3 heterocycles. The second-order valence-electron chi connectivity index (χ2n) is 9.65. The molecule has 9 atom stereocenters. The van der Waals surface area contributed by atoms with Crippen molar-refractivity contribution in [3.05, 3.63) is 12.2 Å². The molecule has 4 heteroatoms. The summed E-state index contributed by atoms with van der Waals surface area (Å²) in [6.07, 6.45) is 6.47. The van der Waals surface area contributed by atoms with Gasteiger partial charge in [0.25, 0.3) is 0 Å². The lowest BCUT2D eigenvalue weighted by atomic mass is 9.33. The minimum Gasteiger partial charge on any atom is -0.435 e. The van der Waals surface area contributed by atoms with E-state index in [1.54, 1.807) is 0 Å². The first-order chi connectivity index (χ1) is 11.4. The number of ether oxygens (including phenoxy) is 2. The van der Waals surface area contributed by atoms with Gasteiger partial charge in [0.1, 0.15) is 0 Å². The van der Waals surface area contributed by atoms with Crippen molar-refractivity contribution in [3.8, 4) is 0 Å². The molecule has 5 aliphatic carbocycles. The molecule has 130 valence electrons. The number of esters is 1. The largest absolute Gasteiger partial charge is 0.435 e. The normalized spacial score (nSPS) is 63.1. The number of carbonyl (C=O) groups is 1. The van der Waals surface area contributed by atoms with Crippen molar-refractivity contribution in [2.24, 2.45) is 34.0 Å². The van der Waals surface area contributed by atoms with Crippen LogP contribution in [0.2, 0.25) is 0 Å². The Morgan fingerprint density at radius 2 is 2.00 bits per heavy atom. The maximum Gasteiger partial charge on any atom is 0.314 e. The maximum absolute atomic E-state index is 12.7. The van der Waals surface area contributed by atoms with Gasteiger partial charge in [0.2, 0.25) is 6.29 Å². The lowest BCUT2D eigenvalue weighted by Crippen LogP contribution is -2.80. The number of aliphatic hydroxyl groups excluding tert-OH is 1. The van der Waals surface area contributed by atoms with E-state index < -0.39 is 6.10 Å². The van der Waals surface area contributed by atoms with E-state index in [4.69, 9.17) is 9.47 Å². The SMILES string of the molecule is C=C1[C@H]2CC[C@@]3(C4C[C@H]5[C@@]6(CCC[C@@]5(C)C(=O)OC6O4)[C@@H]3C2)[C@@H]1O. The molecule has 0 aromatic rings. The number of aliphatic hydroxyl groups is 1. The van der Waals surface area contributed by atoms with Gasteiger partial charge >= 0.3 is 5.97 Å². The third-order valence-electron chi connectivity index (χ3n) is 9.31. The summed E-state index contributed by atoms with van der Waals surface area (Å²) in [5.41, 5.74) is 0.430. The van der Waals surface area contributed by atoms with Crippen LogP contribution >= 0.6 is 0 Å². The molecule has 3 aliphatic heterocycles. The first-order valence-corrected chi connectivity index (χ1v) is 9.68. The number of carbonyl (C=O) groups excluding carboxylic acids is 1. The Bertz CT molecular complexity index is 673. The zero-order valence-electron chi connectivity index (χ0n) is 14.3. The second kappa shape index (κ2) is 3.93. The molecule has 1 N–H and O–H groups in total. The van der Waals surface area contributed by atoms with E-state index in [1.165, 1.54) is 0 Å². The van der Waals surface area contributed by atoms with Gasteiger partial charge in [-0.3, -0.25) is 4.79 Å². The molecule has 4 nitrogen and oxygen atoms in total. The summed E-state index contributed by atoms with van der Waals surface area (Å²) in [6, 6.07) is 0. The zero-order chi connectivity index (χ0) is 16.5. The summed E-state index contributed by atoms with van der Waals surface area (Å²) >= 11 is 0. The van der Waals surface area contributed by atoms with Crippen molar-refractivity contribution >= 4 is 5.97 Å². The van der Waals surface area contributed by atoms with Crippen LogP contribution in [0.15, 0.2) is 12.2 Å². The molecule has 2 spiro atoms. The van der Waals surface area contributed by atoms with Crippen LogP contribution in [0.25, 0.3) is 0 Å². The predicted octanol–water partition coefficient (Wildman–Crippen LogP) is 2.80. The molecule has 0 amide bonds. The summed E-state index contributed by atoms with van der Waals surface area (Å²) in [5.74, 6) is 1.16. The van der Waals surface area contributed by atoms with Gasteiger partial charge < -0.3 is 14.6 Å². The van der Waals surface area contributed by atoms with Gasteiger partial charge in [-0.2, -0.15) is 0 Å². The number of hydrogen-bond donors (Lipinski definition) is 1. The van der Waals surface area contributed by atoms with Crippen LogP contribution in [0.3, 0.4) is 0 Å². The molecule has 2 unspecified atom stereocenters. The Morgan fingerprint density at radius 1 is 1.17 bits per heavy atom. The van der Waals surface area contributed by atoms with Crippen molar-refractivity contribution in [2.45, 2.75) is 70.4 Å². The van der Waals surface area contributed by atoms with Crippen LogP contribution in [0.4, 0.5) is 0 Å². The van der Waals surface area contributed by atoms with Crippen molar-refractivity contribution in [2.75, 3.05) is 0 Å². The van der Waals surface area contributed by atoms with E-state index >= 15 is 0 Å². The zero-order valence-corrected chi connectivity index (χ0v) is 14.3. The first-order valence-electron chi connectivity index (χ1n) is 9.68. The molecule has 0 aromatic carbocycles. The lowest BCUT2D eigenvalue weighted by Gasteiger charge is -2.77. The quantitative estimate of drug-likeness (QED) is 0.548. The highest BCUT2D eigenvalue weighted by Gasteiger charge is 2.80. The predicted molar refractivity (Wildman–Crippen MR) is 85.7 cm³/mol. The van der Waals surface area contributed by atoms with E-state index in [1.807, 2.05) is 0 Å². The Balaban J connectivity index is 1.57. The summed E-state index contributed by atoms with van der Waals surface area (Å²) in [5, 5.41) is 11.2. The highest BCUT2D eigenvalue weighted by atomic mass is 16.7. The Labute approximate surface area is 142 Å². The van der Waals surface area contributed by atoms with Crippen LogP contribution in [0.5, 0.6) is 0 Å². The van der Waals surface area contributed by atoms with Gasteiger partial charge in [-0.15, -0.1) is 0 Å². The molecule has 8 aliphatic rings. The van der Waals surface area contributed by atoms with E-state index in [9.17, 15) is 9.90 Å². The summed E-state index contributed by atoms with van der Waals surface area (Å²) in [6.45, 7) is 6.36. The maximum atomic E-state index is 12.7. The minimum atomic E-state index is -0.443. The van der Waals surface area contributed by atoms with Crippen molar-refractivity contribution in [3.63, 3.8) is 0 Å². The molecule has 0 aromatic heterocycles. The third-order valence-corrected chi connectivity index (χ3v) is 9.31. The minimum absolute atomic E-state index is 0.0119. The van der Waals surface area contributed by atoms with Crippen molar-refractivity contribution in [1.29, 1.82) is 0 Å². The van der Waals surface area contributed by atoms with Gasteiger partial charge in [0, 0.05) is 10.8 Å². The number of fused-ring (bicyclic) bond motifs is 2. The molecule has 3 saturated heterocycles. The molecule has 7 bridgehead atoms. The fourth-order valence-corrected chi connectivity index (χ4v) is 8.29. The van der Waals surface area contributed by atoms with Crippen LogP contribution in [0.1, 0.15) is 51.9 Å². The fraction of sp³-hybridized carbons (Fsp3) is 0.850. The van der Waals surface area contributed by atoms with E-state index in [-0.39, 0.29) is 34.6 Å². The molecule has 8 fully saturated rings. The molecule has 5 saturated carbocycles. The van der Waals surface area contributed by atoms with E-state index in [0.29, 0.717) is 17.8 Å². The van der Waals surface area contributed by atoms with Gasteiger partial charge in [0.05, 0.1) is 17.6 Å². The smallest absolute Gasteiger partial charge is 0.314 e. The lowest BCUT2D eigenvalue weighted by molar-refractivity contribution is -0.416. The average Bonchev–Trinajstić information content (AvgIpc) is 2.58. The highest BCUT2D eigenvalue weighted by molar-refractivity contribution is 5.78. The summed E-state index contributed by atoms with van der Waals surface area (Å²) < 4.78 is 12.3. The molecular formula is C20H26O4. The number of hydrogen-bond acceptors (Lipinski definition) is 4. The molecule has 24 heavy (non-hydrogen) atoms. The standard InChI is InChI=1S/C20H26O4/c1-10-11-4-7-20(15(10)21)13(8-11)19-6-3-5-18(2)12(19)9-14(20)23-17(19)24-16(18)22/h11-15,17,21H,1,3-9H2,2H3/t11-,12+,13-,14?,15+,17?,18+,19-,20+/m0/s1. The van der Waals surface area contributed by atoms with Crippen LogP contribution < -0.4 is 0 Å². The molecule has 0 radical (unpaired) electrons. The van der Waals surface area contributed by atoms with Crippen molar-refractivity contribution < 1.29 is 19.4 Å². The van der Waals surface area contributed by atoms with Crippen LogP contribution in [0, 0.1) is 34.0 Å². The van der Waals surface area contributed by atoms with E-state index in [2.05, 4.69) is 13.5 Å².